The normalized spacial score (nSPS) is 16.2. The summed E-state index contributed by atoms with van der Waals surface area (Å²) in [5, 5.41) is 14.8. The van der Waals surface area contributed by atoms with Crippen LogP contribution in [-0.4, -0.2) is 39.4 Å². The molecular formula is C17H21N5O3. The molecule has 1 unspecified atom stereocenters. The smallest absolute Gasteiger partial charge is 0.338 e. The summed E-state index contributed by atoms with van der Waals surface area (Å²) in [6, 6.07) is 7.15. The standard InChI is InChI=1S/C17H21N5O3/c1-4-10-25-13-8-6-12(7-9-13)15-14(16(23)24-5-2)11(3)18-17-19-20-21-22(15)17/h6-9,15H,4-5,10H2,1-3H3,(H,18,19,21). The van der Waals surface area contributed by atoms with E-state index in [1.807, 2.05) is 31.2 Å². The van der Waals surface area contributed by atoms with Gasteiger partial charge in [-0.05, 0) is 48.4 Å². The van der Waals surface area contributed by atoms with E-state index in [9.17, 15) is 4.79 Å². The van der Waals surface area contributed by atoms with Crippen LogP contribution in [0.1, 0.15) is 38.8 Å². The first-order chi connectivity index (χ1) is 12.2. The molecule has 1 aromatic heterocycles. The molecule has 3 rings (SSSR count). The molecule has 0 radical (unpaired) electrons. The van der Waals surface area contributed by atoms with Crippen LogP contribution in [0.15, 0.2) is 35.5 Å². The first kappa shape index (κ1) is 16.9. The van der Waals surface area contributed by atoms with Gasteiger partial charge in [-0.3, -0.25) is 0 Å². The molecule has 2 heterocycles. The number of ether oxygens (including phenoxy) is 2. The maximum absolute atomic E-state index is 12.5. The minimum absolute atomic E-state index is 0.300. The lowest BCUT2D eigenvalue weighted by Gasteiger charge is -2.27. The third kappa shape index (κ3) is 3.33. The minimum Gasteiger partial charge on any atom is -0.494 e. The monoisotopic (exact) mass is 343 g/mol. The summed E-state index contributed by atoms with van der Waals surface area (Å²) in [6.45, 7) is 6.62. The fraction of sp³-hybridized carbons (Fsp3) is 0.412. The first-order valence-corrected chi connectivity index (χ1v) is 8.31. The molecule has 25 heavy (non-hydrogen) atoms. The molecule has 1 N–H and O–H groups in total. The number of nitrogens with zero attached hydrogens (tertiary/aromatic N) is 4. The van der Waals surface area contributed by atoms with Gasteiger partial charge in [0.1, 0.15) is 11.8 Å². The van der Waals surface area contributed by atoms with Crippen LogP contribution >= 0.6 is 0 Å². The molecule has 1 atom stereocenters. The number of esters is 1. The fourth-order valence-electron chi connectivity index (χ4n) is 2.76. The Labute approximate surface area is 145 Å². The molecule has 0 saturated heterocycles. The van der Waals surface area contributed by atoms with Crippen molar-refractivity contribution in [3.63, 3.8) is 0 Å². The second kappa shape index (κ2) is 7.33. The van der Waals surface area contributed by atoms with Crippen molar-refractivity contribution in [2.24, 2.45) is 0 Å². The van der Waals surface area contributed by atoms with Crippen LogP contribution < -0.4 is 10.1 Å². The van der Waals surface area contributed by atoms with Gasteiger partial charge in [-0.2, -0.15) is 4.68 Å². The zero-order valence-electron chi connectivity index (χ0n) is 14.5. The van der Waals surface area contributed by atoms with Gasteiger partial charge in [0.05, 0.1) is 18.8 Å². The quantitative estimate of drug-likeness (QED) is 0.805. The summed E-state index contributed by atoms with van der Waals surface area (Å²) in [6.07, 6.45) is 0.943. The molecule has 1 aliphatic heterocycles. The Kier molecular flexibility index (Phi) is 4.97. The van der Waals surface area contributed by atoms with E-state index in [4.69, 9.17) is 9.47 Å². The van der Waals surface area contributed by atoms with Crippen molar-refractivity contribution in [3.8, 4) is 5.75 Å². The van der Waals surface area contributed by atoms with Crippen LogP contribution in [0.4, 0.5) is 5.95 Å². The molecule has 8 nitrogen and oxygen atoms in total. The average molecular weight is 343 g/mol. The van der Waals surface area contributed by atoms with E-state index in [-0.39, 0.29) is 5.97 Å². The molecule has 0 bridgehead atoms. The predicted molar refractivity (Wildman–Crippen MR) is 91.1 cm³/mol. The maximum Gasteiger partial charge on any atom is 0.338 e. The van der Waals surface area contributed by atoms with Crippen molar-refractivity contribution in [1.82, 2.24) is 20.2 Å². The Morgan fingerprint density at radius 3 is 2.72 bits per heavy atom. The number of anilines is 1. The molecule has 0 aliphatic carbocycles. The molecule has 0 fully saturated rings. The number of aromatic nitrogens is 4. The third-order valence-electron chi connectivity index (χ3n) is 3.88. The molecule has 0 saturated carbocycles. The van der Waals surface area contributed by atoms with E-state index in [0.29, 0.717) is 30.4 Å². The number of hydrogen-bond acceptors (Lipinski definition) is 7. The first-order valence-electron chi connectivity index (χ1n) is 8.31. The number of fused-ring (bicyclic) bond motifs is 1. The van der Waals surface area contributed by atoms with Crippen LogP contribution in [-0.2, 0) is 9.53 Å². The van der Waals surface area contributed by atoms with Crippen LogP contribution in [0.2, 0.25) is 0 Å². The molecule has 0 amide bonds. The Bertz CT molecular complexity index is 782. The van der Waals surface area contributed by atoms with E-state index in [0.717, 1.165) is 17.7 Å². The molecular weight excluding hydrogens is 322 g/mol. The number of nitrogens with one attached hydrogen (secondary N) is 1. The molecule has 1 aliphatic rings. The van der Waals surface area contributed by atoms with Gasteiger partial charge in [-0.15, -0.1) is 0 Å². The van der Waals surface area contributed by atoms with E-state index in [1.54, 1.807) is 11.6 Å². The highest BCUT2D eigenvalue weighted by molar-refractivity contribution is 5.92. The number of allylic oxidation sites excluding steroid dienone is 1. The predicted octanol–water partition coefficient (Wildman–Crippen LogP) is 2.31. The van der Waals surface area contributed by atoms with Gasteiger partial charge in [0, 0.05) is 5.70 Å². The van der Waals surface area contributed by atoms with Gasteiger partial charge < -0.3 is 14.8 Å². The minimum atomic E-state index is -0.453. The largest absolute Gasteiger partial charge is 0.494 e. The van der Waals surface area contributed by atoms with E-state index >= 15 is 0 Å². The lowest BCUT2D eigenvalue weighted by Crippen LogP contribution is -2.29. The molecule has 2 aromatic rings. The summed E-state index contributed by atoms with van der Waals surface area (Å²) in [4.78, 5) is 12.5. The van der Waals surface area contributed by atoms with Crippen LogP contribution in [0.5, 0.6) is 5.75 Å². The van der Waals surface area contributed by atoms with Gasteiger partial charge >= 0.3 is 5.97 Å². The Morgan fingerprint density at radius 1 is 1.28 bits per heavy atom. The highest BCUT2D eigenvalue weighted by atomic mass is 16.5. The lowest BCUT2D eigenvalue weighted by atomic mass is 9.96. The van der Waals surface area contributed by atoms with E-state index in [1.165, 1.54) is 0 Å². The average Bonchev–Trinajstić information content (AvgIpc) is 3.07. The molecule has 8 heteroatoms. The van der Waals surface area contributed by atoms with Crippen molar-refractivity contribution in [3.05, 3.63) is 41.1 Å². The summed E-state index contributed by atoms with van der Waals surface area (Å²) < 4.78 is 12.4. The number of rotatable bonds is 6. The zero-order chi connectivity index (χ0) is 17.8. The van der Waals surface area contributed by atoms with E-state index in [2.05, 4.69) is 27.8 Å². The highest BCUT2D eigenvalue weighted by Crippen LogP contribution is 2.35. The number of hydrogen-bond donors (Lipinski definition) is 1. The number of benzene rings is 1. The van der Waals surface area contributed by atoms with Crippen molar-refractivity contribution in [2.45, 2.75) is 33.2 Å². The van der Waals surface area contributed by atoms with Gasteiger partial charge in [0.15, 0.2) is 0 Å². The van der Waals surface area contributed by atoms with E-state index < -0.39 is 6.04 Å². The van der Waals surface area contributed by atoms with Gasteiger partial charge in [0.25, 0.3) is 0 Å². The van der Waals surface area contributed by atoms with Crippen molar-refractivity contribution in [2.75, 3.05) is 18.5 Å². The number of tetrazole rings is 1. The van der Waals surface area contributed by atoms with Crippen LogP contribution in [0.25, 0.3) is 0 Å². The third-order valence-corrected chi connectivity index (χ3v) is 3.88. The number of carbonyl (C=O) groups excluding carboxylic acids is 1. The van der Waals surface area contributed by atoms with Gasteiger partial charge in [-0.1, -0.05) is 24.2 Å². The van der Waals surface area contributed by atoms with Crippen LogP contribution in [0, 0.1) is 0 Å². The Balaban J connectivity index is 1.99. The second-order valence-corrected chi connectivity index (χ2v) is 5.65. The summed E-state index contributed by atoms with van der Waals surface area (Å²) in [7, 11) is 0. The van der Waals surface area contributed by atoms with Gasteiger partial charge in [0.2, 0.25) is 5.95 Å². The van der Waals surface area contributed by atoms with Crippen molar-refractivity contribution < 1.29 is 14.3 Å². The summed E-state index contributed by atoms with van der Waals surface area (Å²) in [5.41, 5.74) is 2.04. The molecule has 0 spiro atoms. The van der Waals surface area contributed by atoms with Crippen molar-refractivity contribution in [1.29, 1.82) is 0 Å². The number of carbonyl (C=O) groups is 1. The van der Waals surface area contributed by atoms with Crippen LogP contribution in [0.3, 0.4) is 0 Å². The Hall–Kier alpha value is -2.90. The summed E-state index contributed by atoms with van der Waals surface area (Å²) >= 11 is 0. The Morgan fingerprint density at radius 2 is 2.04 bits per heavy atom. The second-order valence-electron chi connectivity index (χ2n) is 5.65. The molecule has 132 valence electrons. The fourth-order valence-corrected chi connectivity index (χ4v) is 2.76. The lowest BCUT2D eigenvalue weighted by molar-refractivity contribution is -0.139. The van der Waals surface area contributed by atoms with Gasteiger partial charge in [-0.25, -0.2) is 4.79 Å². The maximum atomic E-state index is 12.5. The SMILES string of the molecule is CCCOc1ccc(C2C(C(=O)OCC)=C(C)Nc3nnnn32)cc1. The zero-order valence-corrected chi connectivity index (χ0v) is 14.5. The van der Waals surface area contributed by atoms with Crippen molar-refractivity contribution >= 4 is 11.9 Å². The summed E-state index contributed by atoms with van der Waals surface area (Å²) in [5.74, 6) is 0.890. The molecule has 1 aromatic carbocycles. The topological polar surface area (TPSA) is 91.2 Å². The highest BCUT2D eigenvalue weighted by Gasteiger charge is 2.34.